The molecule has 0 amide bonds. The molecular formula is C27H31FN6O. The Morgan fingerprint density at radius 3 is 2.60 bits per heavy atom. The van der Waals surface area contributed by atoms with Gasteiger partial charge in [-0.2, -0.15) is 5.10 Å². The van der Waals surface area contributed by atoms with Gasteiger partial charge in [-0.05, 0) is 88.0 Å². The van der Waals surface area contributed by atoms with E-state index in [0.717, 1.165) is 72.0 Å². The van der Waals surface area contributed by atoms with Gasteiger partial charge in [0.05, 0.1) is 17.9 Å². The van der Waals surface area contributed by atoms with Crippen molar-refractivity contribution in [3.8, 4) is 22.4 Å². The van der Waals surface area contributed by atoms with E-state index in [2.05, 4.69) is 43.1 Å². The van der Waals surface area contributed by atoms with Crippen LogP contribution in [0.4, 0.5) is 4.39 Å². The van der Waals surface area contributed by atoms with Crippen LogP contribution in [-0.4, -0.2) is 63.2 Å². The van der Waals surface area contributed by atoms with E-state index in [1.165, 1.54) is 0 Å². The molecule has 2 fully saturated rings. The van der Waals surface area contributed by atoms with Crippen LogP contribution >= 0.6 is 0 Å². The largest absolute Gasteiger partial charge is 0.381 e. The number of aromatic nitrogens is 5. The van der Waals surface area contributed by atoms with Crippen LogP contribution in [0.15, 0.2) is 36.8 Å². The van der Waals surface area contributed by atoms with Crippen LogP contribution in [0.1, 0.15) is 48.8 Å². The summed E-state index contributed by atoms with van der Waals surface area (Å²) in [6, 6.07) is 6.08. The number of ether oxygens (including phenoxy) is 1. The van der Waals surface area contributed by atoms with Gasteiger partial charge in [-0.25, -0.2) is 4.39 Å². The summed E-state index contributed by atoms with van der Waals surface area (Å²) in [5.74, 6) is 0.0474. The summed E-state index contributed by atoms with van der Waals surface area (Å²) in [5.41, 5.74) is 5.99. The molecule has 7 nitrogen and oxygen atoms in total. The monoisotopic (exact) mass is 474 g/mol. The molecule has 0 bridgehead atoms. The van der Waals surface area contributed by atoms with E-state index in [0.29, 0.717) is 30.6 Å². The highest BCUT2D eigenvalue weighted by Gasteiger charge is 2.23. The fraction of sp³-hybridized carbons (Fsp3) is 0.444. The number of H-pyrrole nitrogens is 1. The Bertz CT molecular complexity index is 1320. The molecule has 1 aromatic carbocycles. The first kappa shape index (κ1) is 22.4. The van der Waals surface area contributed by atoms with Crippen LogP contribution in [0.3, 0.4) is 0 Å². The molecule has 4 aromatic rings. The zero-order valence-electron chi connectivity index (χ0n) is 20.3. The summed E-state index contributed by atoms with van der Waals surface area (Å²) in [7, 11) is 2.17. The summed E-state index contributed by atoms with van der Waals surface area (Å²) in [5, 5.41) is 14.4. The highest BCUT2D eigenvalue weighted by molar-refractivity contribution is 5.94. The average molecular weight is 475 g/mol. The van der Waals surface area contributed by atoms with Gasteiger partial charge in [0.2, 0.25) is 0 Å². The summed E-state index contributed by atoms with van der Waals surface area (Å²) in [6.45, 7) is 5.56. The molecule has 2 aliphatic heterocycles. The molecule has 0 unspecified atom stereocenters. The quantitative estimate of drug-likeness (QED) is 0.446. The second-order valence-corrected chi connectivity index (χ2v) is 10.0. The van der Waals surface area contributed by atoms with Crippen molar-refractivity contribution in [2.75, 3.05) is 33.4 Å². The predicted octanol–water partition coefficient (Wildman–Crippen LogP) is 5.10. The van der Waals surface area contributed by atoms with Gasteiger partial charge < -0.3 is 14.6 Å². The molecule has 0 saturated carbocycles. The smallest absolute Gasteiger partial charge is 0.160 e. The van der Waals surface area contributed by atoms with E-state index in [1.54, 1.807) is 6.07 Å². The molecule has 3 aromatic heterocycles. The lowest BCUT2D eigenvalue weighted by molar-refractivity contribution is 0.0845. The number of piperidine rings is 1. The first-order chi connectivity index (χ1) is 17.1. The number of nitrogens with one attached hydrogen (secondary N) is 1. The minimum atomic E-state index is -0.164. The van der Waals surface area contributed by atoms with Crippen LogP contribution in [0.25, 0.3) is 33.4 Å². The molecule has 0 spiro atoms. The SMILES string of the molecule is Cc1cc(-c2cc3c(-c4cnn(C5CCN(C)CC5)c4)c[nH]c3nn2)cc(F)c1C1CCOCC1. The number of likely N-dealkylation sites (tertiary alicyclic amines) is 1. The van der Waals surface area contributed by atoms with Gasteiger partial charge >= 0.3 is 0 Å². The van der Waals surface area contributed by atoms with Crippen molar-refractivity contribution < 1.29 is 9.13 Å². The fourth-order valence-corrected chi connectivity index (χ4v) is 5.64. The Hall–Kier alpha value is -3.10. The molecule has 182 valence electrons. The highest BCUT2D eigenvalue weighted by atomic mass is 19.1. The van der Waals surface area contributed by atoms with Crippen molar-refractivity contribution in [2.24, 2.45) is 0 Å². The van der Waals surface area contributed by atoms with Crippen LogP contribution in [-0.2, 0) is 4.74 Å². The Kier molecular flexibility index (Phi) is 5.86. The third kappa shape index (κ3) is 4.25. The van der Waals surface area contributed by atoms with E-state index in [4.69, 9.17) is 4.74 Å². The molecule has 8 heteroatoms. The molecule has 0 atom stereocenters. The lowest BCUT2D eigenvalue weighted by Crippen LogP contribution is -2.31. The molecule has 2 aliphatic rings. The van der Waals surface area contributed by atoms with Crippen LogP contribution < -0.4 is 0 Å². The van der Waals surface area contributed by atoms with E-state index >= 15 is 4.39 Å². The van der Waals surface area contributed by atoms with Crippen molar-refractivity contribution in [3.63, 3.8) is 0 Å². The molecule has 2 saturated heterocycles. The summed E-state index contributed by atoms with van der Waals surface area (Å²) in [6.07, 6.45) is 9.95. The van der Waals surface area contributed by atoms with Gasteiger partial charge in [-0.1, -0.05) is 0 Å². The number of rotatable bonds is 4. The molecule has 5 heterocycles. The fourth-order valence-electron chi connectivity index (χ4n) is 5.64. The van der Waals surface area contributed by atoms with Crippen molar-refractivity contribution in [1.82, 2.24) is 29.9 Å². The molecule has 0 radical (unpaired) electrons. The maximum absolute atomic E-state index is 15.3. The zero-order chi connectivity index (χ0) is 23.9. The summed E-state index contributed by atoms with van der Waals surface area (Å²) >= 11 is 0. The van der Waals surface area contributed by atoms with Crippen LogP contribution in [0.2, 0.25) is 0 Å². The second-order valence-electron chi connectivity index (χ2n) is 10.0. The van der Waals surface area contributed by atoms with E-state index in [1.807, 2.05) is 31.5 Å². The number of aryl methyl sites for hydroxylation is 1. The Labute approximate surface area is 204 Å². The molecule has 1 N–H and O–H groups in total. The number of fused-ring (bicyclic) bond motifs is 1. The predicted molar refractivity (Wildman–Crippen MR) is 134 cm³/mol. The first-order valence-corrected chi connectivity index (χ1v) is 12.5. The standard InChI is InChI=1S/C27H31FN6O/c1-17-11-19(12-24(28)26(17)18-5-9-35-10-6-18)25-13-22-23(15-29-27(22)32-31-25)20-14-30-34(16-20)21-3-7-33(2)8-4-21/h11-16,18,21H,3-10H2,1-2H3,(H,29,32). The topological polar surface area (TPSA) is 71.9 Å². The normalized spacial score (nSPS) is 18.5. The molecular weight excluding hydrogens is 443 g/mol. The van der Waals surface area contributed by atoms with Crippen LogP contribution in [0.5, 0.6) is 0 Å². The molecule has 6 rings (SSSR count). The Morgan fingerprint density at radius 2 is 1.83 bits per heavy atom. The molecule has 35 heavy (non-hydrogen) atoms. The number of nitrogens with zero attached hydrogens (tertiary/aromatic N) is 5. The first-order valence-electron chi connectivity index (χ1n) is 12.5. The third-order valence-corrected chi connectivity index (χ3v) is 7.67. The van der Waals surface area contributed by atoms with E-state index < -0.39 is 0 Å². The lowest BCUT2D eigenvalue weighted by atomic mass is 9.87. The lowest BCUT2D eigenvalue weighted by Gasteiger charge is -2.28. The van der Waals surface area contributed by atoms with Gasteiger partial charge in [-0.3, -0.25) is 4.68 Å². The van der Waals surface area contributed by atoms with E-state index in [9.17, 15) is 0 Å². The Morgan fingerprint density at radius 1 is 1.03 bits per heavy atom. The van der Waals surface area contributed by atoms with Gasteiger partial charge in [0.1, 0.15) is 5.82 Å². The maximum Gasteiger partial charge on any atom is 0.160 e. The maximum atomic E-state index is 15.3. The molecule has 0 aliphatic carbocycles. The average Bonchev–Trinajstić information content (AvgIpc) is 3.51. The number of hydrogen-bond donors (Lipinski definition) is 1. The van der Waals surface area contributed by atoms with Gasteiger partial charge in [-0.15, -0.1) is 10.2 Å². The second kappa shape index (κ2) is 9.17. The number of aromatic amines is 1. The minimum Gasteiger partial charge on any atom is -0.381 e. The Balaban J connectivity index is 1.32. The zero-order valence-corrected chi connectivity index (χ0v) is 20.3. The van der Waals surface area contributed by atoms with Gasteiger partial charge in [0.25, 0.3) is 0 Å². The van der Waals surface area contributed by atoms with Crippen molar-refractivity contribution in [1.29, 1.82) is 0 Å². The van der Waals surface area contributed by atoms with Gasteiger partial charge in [0, 0.05) is 47.7 Å². The summed E-state index contributed by atoms with van der Waals surface area (Å²) < 4.78 is 22.8. The van der Waals surface area contributed by atoms with Crippen LogP contribution in [0, 0.1) is 12.7 Å². The highest BCUT2D eigenvalue weighted by Crippen LogP contribution is 2.35. The number of hydrogen-bond acceptors (Lipinski definition) is 5. The van der Waals surface area contributed by atoms with Gasteiger partial charge in [0.15, 0.2) is 5.65 Å². The number of halogens is 1. The third-order valence-electron chi connectivity index (χ3n) is 7.67. The number of benzene rings is 1. The van der Waals surface area contributed by atoms with E-state index in [-0.39, 0.29) is 11.7 Å². The summed E-state index contributed by atoms with van der Waals surface area (Å²) in [4.78, 5) is 5.59. The van der Waals surface area contributed by atoms with Crippen molar-refractivity contribution >= 4 is 11.0 Å². The minimum absolute atomic E-state index is 0.164. The van der Waals surface area contributed by atoms with Crippen molar-refractivity contribution in [3.05, 3.63) is 53.7 Å². The van der Waals surface area contributed by atoms with Crippen molar-refractivity contribution in [2.45, 2.75) is 44.6 Å².